The summed E-state index contributed by atoms with van der Waals surface area (Å²) in [6.07, 6.45) is 0. The van der Waals surface area contributed by atoms with E-state index in [2.05, 4.69) is 10.6 Å². The van der Waals surface area contributed by atoms with Crippen LogP contribution in [0.25, 0.3) is 0 Å². The van der Waals surface area contributed by atoms with Gasteiger partial charge in [-0.25, -0.2) is 4.79 Å². The van der Waals surface area contributed by atoms with E-state index in [0.29, 0.717) is 23.6 Å². The minimum Gasteiger partial charge on any atom is -0.494 e. The van der Waals surface area contributed by atoms with Crippen LogP contribution in [-0.2, 0) is 19.1 Å². The van der Waals surface area contributed by atoms with Crippen LogP contribution >= 0.6 is 0 Å². The molecule has 2 aromatic carbocycles. The number of carbonyl (C=O) groups is 3. The highest BCUT2D eigenvalue weighted by Gasteiger charge is 2.17. The molecule has 0 unspecified atom stereocenters. The van der Waals surface area contributed by atoms with Crippen molar-refractivity contribution >= 4 is 29.2 Å². The quantitative estimate of drug-likeness (QED) is 0.572. The van der Waals surface area contributed by atoms with Gasteiger partial charge in [0.1, 0.15) is 18.1 Å². The molecular formula is C21H24N2O7. The lowest BCUT2D eigenvalue weighted by atomic mass is 10.2. The maximum absolute atomic E-state index is 12.4. The Kier molecular flexibility index (Phi) is 8.64. The molecule has 0 radical (unpaired) electrons. The van der Waals surface area contributed by atoms with Gasteiger partial charge in [0.15, 0.2) is 6.61 Å². The Morgan fingerprint density at radius 1 is 0.867 bits per heavy atom. The highest BCUT2D eigenvalue weighted by Crippen LogP contribution is 2.36. The summed E-state index contributed by atoms with van der Waals surface area (Å²) in [5, 5.41) is 5.34. The minimum atomic E-state index is -0.643. The summed E-state index contributed by atoms with van der Waals surface area (Å²) in [7, 11) is 2.85. The van der Waals surface area contributed by atoms with Crippen LogP contribution in [-0.4, -0.2) is 51.8 Å². The number of nitrogens with one attached hydrogen (secondary N) is 2. The number of esters is 1. The highest BCUT2D eigenvalue weighted by molar-refractivity contribution is 6.05. The Morgan fingerprint density at radius 2 is 1.47 bits per heavy atom. The molecule has 0 aliphatic carbocycles. The second-order valence-corrected chi connectivity index (χ2v) is 5.92. The largest absolute Gasteiger partial charge is 0.494 e. The Hall–Kier alpha value is -3.59. The molecular weight excluding hydrogens is 392 g/mol. The zero-order chi connectivity index (χ0) is 21.9. The van der Waals surface area contributed by atoms with Gasteiger partial charge in [-0.15, -0.1) is 0 Å². The molecule has 0 heterocycles. The van der Waals surface area contributed by atoms with E-state index >= 15 is 0 Å². The van der Waals surface area contributed by atoms with E-state index < -0.39 is 18.5 Å². The van der Waals surface area contributed by atoms with Gasteiger partial charge in [0.2, 0.25) is 0 Å². The van der Waals surface area contributed by atoms with Crippen molar-refractivity contribution in [3.63, 3.8) is 0 Å². The first-order chi connectivity index (χ1) is 14.5. The Bertz CT molecular complexity index is 884. The molecule has 0 spiro atoms. The number of methoxy groups -OCH3 is 2. The predicted octanol–water partition coefficient (Wildman–Crippen LogP) is 2.47. The zero-order valence-corrected chi connectivity index (χ0v) is 17.0. The van der Waals surface area contributed by atoms with Gasteiger partial charge in [-0.2, -0.15) is 0 Å². The molecule has 30 heavy (non-hydrogen) atoms. The molecule has 0 fully saturated rings. The summed E-state index contributed by atoms with van der Waals surface area (Å²) in [6, 6.07) is 11.7. The second kappa shape index (κ2) is 11.4. The molecule has 2 amide bonds. The van der Waals surface area contributed by atoms with E-state index in [1.54, 1.807) is 31.2 Å². The summed E-state index contributed by atoms with van der Waals surface area (Å²) in [5.74, 6) is -0.942. The molecule has 0 aromatic heterocycles. The summed E-state index contributed by atoms with van der Waals surface area (Å²) < 4.78 is 20.4. The number of hydrogen-bond donors (Lipinski definition) is 2. The minimum absolute atomic E-state index is 0.225. The number of anilines is 2. The van der Waals surface area contributed by atoms with Crippen LogP contribution in [0.15, 0.2) is 42.5 Å². The molecule has 0 aliphatic rings. The highest BCUT2D eigenvalue weighted by atomic mass is 16.6. The molecule has 9 heteroatoms. The van der Waals surface area contributed by atoms with Crippen LogP contribution in [0.5, 0.6) is 11.5 Å². The van der Waals surface area contributed by atoms with Crippen molar-refractivity contribution in [3.8, 4) is 11.5 Å². The van der Waals surface area contributed by atoms with Crippen LogP contribution in [0, 0.1) is 0 Å². The molecule has 0 bridgehead atoms. The number of benzene rings is 2. The summed E-state index contributed by atoms with van der Waals surface area (Å²) >= 11 is 0. The van der Waals surface area contributed by atoms with Gasteiger partial charge in [-0.1, -0.05) is 18.2 Å². The Balaban J connectivity index is 2.11. The standard InChI is InChI=1S/C21H24N2O7/c1-4-29-13-20(25)30-12-19(24)22-15-10-18(28-3)16(11-17(15)27-2)23-21(26)14-8-6-5-7-9-14/h5-11H,4,12-13H2,1-3H3,(H,22,24)(H,23,26). The number of hydrogen-bond acceptors (Lipinski definition) is 7. The van der Waals surface area contributed by atoms with Crippen LogP contribution in [0.3, 0.4) is 0 Å². The van der Waals surface area contributed by atoms with Gasteiger partial charge in [0.25, 0.3) is 11.8 Å². The fourth-order valence-electron chi connectivity index (χ4n) is 2.44. The summed E-state index contributed by atoms with van der Waals surface area (Å²) in [6.45, 7) is 1.40. The third kappa shape index (κ3) is 6.49. The SMILES string of the molecule is CCOCC(=O)OCC(=O)Nc1cc(OC)c(NC(=O)c2ccccc2)cc1OC. The van der Waals surface area contributed by atoms with Gasteiger partial charge in [-0.3, -0.25) is 9.59 Å². The molecule has 0 aliphatic heterocycles. The second-order valence-electron chi connectivity index (χ2n) is 5.92. The van der Waals surface area contributed by atoms with Crippen molar-refractivity contribution < 1.29 is 33.3 Å². The van der Waals surface area contributed by atoms with Gasteiger partial charge < -0.3 is 29.6 Å². The smallest absolute Gasteiger partial charge is 0.332 e. The maximum Gasteiger partial charge on any atom is 0.332 e. The van der Waals surface area contributed by atoms with E-state index in [9.17, 15) is 14.4 Å². The molecule has 0 saturated carbocycles. The Morgan fingerprint density at radius 3 is 2.03 bits per heavy atom. The number of ether oxygens (including phenoxy) is 4. The van der Waals surface area contributed by atoms with Crippen molar-refractivity contribution in [2.75, 3.05) is 44.7 Å². The first kappa shape index (κ1) is 22.7. The summed E-state index contributed by atoms with van der Waals surface area (Å²) in [5.41, 5.74) is 1.13. The molecule has 2 rings (SSSR count). The first-order valence-corrected chi connectivity index (χ1v) is 9.14. The average molecular weight is 416 g/mol. The fourth-order valence-corrected chi connectivity index (χ4v) is 2.44. The molecule has 2 aromatic rings. The number of rotatable bonds is 10. The van der Waals surface area contributed by atoms with Crippen molar-refractivity contribution in [2.24, 2.45) is 0 Å². The van der Waals surface area contributed by atoms with E-state index in [4.69, 9.17) is 18.9 Å². The van der Waals surface area contributed by atoms with Crippen molar-refractivity contribution in [2.45, 2.75) is 6.92 Å². The van der Waals surface area contributed by atoms with Gasteiger partial charge in [0, 0.05) is 24.3 Å². The van der Waals surface area contributed by atoms with E-state index in [0.717, 1.165) is 0 Å². The topological polar surface area (TPSA) is 112 Å². The lowest BCUT2D eigenvalue weighted by Gasteiger charge is -2.16. The predicted molar refractivity (Wildman–Crippen MR) is 110 cm³/mol. The molecule has 9 nitrogen and oxygen atoms in total. The lowest BCUT2D eigenvalue weighted by molar-refractivity contribution is -0.151. The number of carbonyl (C=O) groups excluding carboxylic acids is 3. The van der Waals surface area contributed by atoms with E-state index in [1.165, 1.54) is 26.4 Å². The van der Waals surface area contributed by atoms with Crippen molar-refractivity contribution in [1.82, 2.24) is 0 Å². The third-order valence-corrected chi connectivity index (χ3v) is 3.87. The fraction of sp³-hybridized carbons (Fsp3) is 0.286. The van der Waals surface area contributed by atoms with Crippen LogP contribution in [0.4, 0.5) is 11.4 Å². The average Bonchev–Trinajstić information content (AvgIpc) is 2.77. The molecule has 0 atom stereocenters. The van der Waals surface area contributed by atoms with Gasteiger partial charge in [0.05, 0.1) is 25.6 Å². The van der Waals surface area contributed by atoms with Crippen LogP contribution in [0.1, 0.15) is 17.3 Å². The molecule has 160 valence electrons. The lowest BCUT2D eigenvalue weighted by Crippen LogP contribution is -2.23. The van der Waals surface area contributed by atoms with Crippen LogP contribution < -0.4 is 20.1 Å². The maximum atomic E-state index is 12.4. The third-order valence-electron chi connectivity index (χ3n) is 3.87. The van der Waals surface area contributed by atoms with Gasteiger partial charge >= 0.3 is 5.97 Å². The first-order valence-electron chi connectivity index (χ1n) is 9.14. The zero-order valence-electron chi connectivity index (χ0n) is 17.0. The monoisotopic (exact) mass is 416 g/mol. The van der Waals surface area contributed by atoms with E-state index in [1.807, 2.05) is 6.07 Å². The molecule has 0 saturated heterocycles. The van der Waals surface area contributed by atoms with E-state index in [-0.39, 0.29) is 24.0 Å². The normalized spacial score (nSPS) is 10.1. The summed E-state index contributed by atoms with van der Waals surface area (Å²) in [4.78, 5) is 36.0. The molecule has 2 N–H and O–H groups in total. The van der Waals surface area contributed by atoms with Crippen molar-refractivity contribution in [3.05, 3.63) is 48.0 Å². The van der Waals surface area contributed by atoms with Crippen molar-refractivity contribution in [1.29, 1.82) is 0 Å². The Labute approximate surface area is 174 Å². The number of amides is 2. The van der Waals surface area contributed by atoms with Crippen LogP contribution in [0.2, 0.25) is 0 Å². The van der Waals surface area contributed by atoms with Gasteiger partial charge in [-0.05, 0) is 19.1 Å².